The predicted octanol–water partition coefficient (Wildman–Crippen LogP) is 5.39. The number of aromatic nitrogens is 3. The Bertz CT molecular complexity index is 370. The average molecular weight is 344 g/mol. The molecule has 20 heavy (non-hydrogen) atoms. The highest BCUT2D eigenvalue weighted by molar-refractivity contribution is 9.10. The first-order valence-corrected chi connectivity index (χ1v) is 8.89. The SMILES string of the molecule is CCCCCCC(C)(CCCCC)c1nc(Br)n(C)n1. The maximum absolute atomic E-state index is 4.63. The highest BCUT2D eigenvalue weighted by Crippen LogP contribution is 2.34. The van der Waals surface area contributed by atoms with Gasteiger partial charge in [-0.1, -0.05) is 65.7 Å². The lowest BCUT2D eigenvalue weighted by Gasteiger charge is -2.26. The van der Waals surface area contributed by atoms with E-state index in [1.54, 1.807) is 0 Å². The summed E-state index contributed by atoms with van der Waals surface area (Å²) in [6, 6.07) is 0. The second-order valence-electron chi connectivity index (χ2n) is 6.16. The lowest BCUT2D eigenvalue weighted by Crippen LogP contribution is -2.24. The Morgan fingerprint density at radius 2 is 1.55 bits per heavy atom. The second kappa shape index (κ2) is 8.81. The molecule has 0 N–H and O–H groups in total. The summed E-state index contributed by atoms with van der Waals surface area (Å²) in [6.45, 7) is 6.86. The topological polar surface area (TPSA) is 30.7 Å². The smallest absolute Gasteiger partial charge is 0.195 e. The van der Waals surface area contributed by atoms with Crippen LogP contribution in [-0.2, 0) is 12.5 Å². The number of rotatable bonds is 10. The van der Waals surface area contributed by atoms with Crippen LogP contribution in [0.4, 0.5) is 0 Å². The van der Waals surface area contributed by atoms with Crippen molar-refractivity contribution in [1.29, 1.82) is 0 Å². The average Bonchev–Trinajstić information content (AvgIpc) is 2.76. The quantitative estimate of drug-likeness (QED) is 0.533. The summed E-state index contributed by atoms with van der Waals surface area (Å²) >= 11 is 3.47. The van der Waals surface area contributed by atoms with Gasteiger partial charge in [0.05, 0.1) is 0 Å². The van der Waals surface area contributed by atoms with Gasteiger partial charge in [-0.15, -0.1) is 0 Å². The highest BCUT2D eigenvalue weighted by atomic mass is 79.9. The van der Waals surface area contributed by atoms with Crippen LogP contribution in [0.25, 0.3) is 0 Å². The van der Waals surface area contributed by atoms with Crippen molar-refractivity contribution in [1.82, 2.24) is 14.8 Å². The molecule has 1 rings (SSSR count). The Balaban J connectivity index is 2.71. The van der Waals surface area contributed by atoms with Crippen LogP contribution in [0.5, 0.6) is 0 Å². The molecule has 1 unspecified atom stereocenters. The Hall–Kier alpha value is -0.380. The first kappa shape index (κ1) is 17.7. The van der Waals surface area contributed by atoms with E-state index in [1.165, 1.54) is 57.8 Å². The fourth-order valence-corrected chi connectivity index (χ4v) is 2.92. The third-order valence-corrected chi connectivity index (χ3v) is 4.85. The molecule has 0 fully saturated rings. The zero-order valence-corrected chi connectivity index (χ0v) is 15.2. The van der Waals surface area contributed by atoms with Gasteiger partial charge in [-0.3, -0.25) is 0 Å². The first-order valence-electron chi connectivity index (χ1n) is 8.10. The molecule has 1 aromatic rings. The minimum absolute atomic E-state index is 0.132. The monoisotopic (exact) mass is 343 g/mol. The molecule has 0 saturated heterocycles. The predicted molar refractivity (Wildman–Crippen MR) is 89.0 cm³/mol. The number of hydrogen-bond acceptors (Lipinski definition) is 2. The highest BCUT2D eigenvalue weighted by Gasteiger charge is 2.30. The third-order valence-electron chi connectivity index (χ3n) is 4.16. The van der Waals surface area contributed by atoms with Gasteiger partial charge in [0.15, 0.2) is 10.6 Å². The van der Waals surface area contributed by atoms with Crippen LogP contribution in [0.3, 0.4) is 0 Å². The molecule has 3 nitrogen and oxygen atoms in total. The van der Waals surface area contributed by atoms with E-state index < -0.39 is 0 Å². The summed E-state index contributed by atoms with van der Waals surface area (Å²) in [4.78, 5) is 4.63. The molecule has 1 atom stereocenters. The molecular formula is C16H30BrN3. The molecule has 116 valence electrons. The fourth-order valence-electron chi connectivity index (χ4n) is 2.68. The molecule has 0 spiro atoms. The van der Waals surface area contributed by atoms with Crippen LogP contribution in [-0.4, -0.2) is 14.8 Å². The van der Waals surface area contributed by atoms with Crippen molar-refractivity contribution >= 4 is 15.9 Å². The molecule has 0 aliphatic rings. The summed E-state index contributed by atoms with van der Waals surface area (Å²) in [5.41, 5.74) is 0.132. The molecular weight excluding hydrogens is 314 g/mol. The van der Waals surface area contributed by atoms with E-state index >= 15 is 0 Å². The molecule has 0 saturated carbocycles. The zero-order valence-electron chi connectivity index (χ0n) is 13.6. The van der Waals surface area contributed by atoms with Crippen molar-refractivity contribution in [3.05, 3.63) is 10.6 Å². The Kier molecular flexibility index (Phi) is 7.78. The van der Waals surface area contributed by atoms with E-state index in [4.69, 9.17) is 0 Å². The molecule has 1 aromatic heterocycles. The number of nitrogens with zero attached hydrogens (tertiary/aromatic N) is 3. The molecule has 1 heterocycles. The largest absolute Gasteiger partial charge is 0.243 e. The maximum Gasteiger partial charge on any atom is 0.195 e. The Morgan fingerprint density at radius 1 is 1.00 bits per heavy atom. The summed E-state index contributed by atoms with van der Waals surface area (Å²) in [5, 5.41) is 4.62. The standard InChI is InChI=1S/C16H30BrN3/c1-5-7-9-11-13-16(3,12-10-8-6-2)14-18-15(17)20(4)19-14/h5-13H2,1-4H3. The van der Waals surface area contributed by atoms with Crippen LogP contribution in [0, 0.1) is 0 Å². The lowest BCUT2D eigenvalue weighted by atomic mass is 9.79. The molecule has 0 bridgehead atoms. The van der Waals surface area contributed by atoms with Gasteiger partial charge in [-0.05, 0) is 28.8 Å². The first-order chi connectivity index (χ1) is 9.53. The number of hydrogen-bond donors (Lipinski definition) is 0. The second-order valence-corrected chi connectivity index (χ2v) is 6.87. The van der Waals surface area contributed by atoms with E-state index in [-0.39, 0.29) is 5.41 Å². The summed E-state index contributed by atoms with van der Waals surface area (Å²) in [7, 11) is 1.95. The van der Waals surface area contributed by atoms with Gasteiger partial charge in [0.1, 0.15) is 0 Å². The van der Waals surface area contributed by atoms with Gasteiger partial charge in [-0.2, -0.15) is 5.10 Å². The lowest BCUT2D eigenvalue weighted by molar-refractivity contribution is 0.346. The van der Waals surface area contributed by atoms with Crippen LogP contribution in [0.1, 0.15) is 84.4 Å². The van der Waals surface area contributed by atoms with E-state index in [0.29, 0.717) is 0 Å². The maximum atomic E-state index is 4.63. The minimum atomic E-state index is 0.132. The van der Waals surface area contributed by atoms with Crippen molar-refractivity contribution in [2.75, 3.05) is 0 Å². The van der Waals surface area contributed by atoms with Crippen LogP contribution in [0.2, 0.25) is 0 Å². The molecule has 0 aliphatic heterocycles. The van der Waals surface area contributed by atoms with E-state index in [0.717, 1.165) is 10.6 Å². The molecule has 0 radical (unpaired) electrons. The zero-order chi connectivity index (χ0) is 15.0. The van der Waals surface area contributed by atoms with Crippen molar-refractivity contribution < 1.29 is 0 Å². The van der Waals surface area contributed by atoms with E-state index in [2.05, 4.69) is 46.8 Å². The minimum Gasteiger partial charge on any atom is -0.243 e. The number of aryl methyl sites for hydroxylation is 1. The fraction of sp³-hybridized carbons (Fsp3) is 0.875. The van der Waals surface area contributed by atoms with Gasteiger partial charge in [0.25, 0.3) is 0 Å². The summed E-state index contributed by atoms with van der Waals surface area (Å²) in [6.07, 6.45) is 11.5. The van der Waals surface area contributed by atoms with Crippen molar-refractivity contribution in [3.8, 4) is 0 Å². The van der Waals surface area contributed by atoms with Crippen LogP contribution >= 0.6 is 15.9 Å². The summed E-state index contributed by atoms with van der Waals surface area (Å²) in [5.74, 6) is 1.01. The molecule has 0 amide bonds. The van der Waals surface area contributed by atoms with Crippen LogP contribution in [0.15, 0.2) is 4.73 Å². The Labute approximate surface area is 132 Å². The number of halogens is 1. The van der Waals surface area contributed by atoms with E-state index in [1.807, 2.05) is 11.7 Å². The normalized spacial score (nSPS) is 14.4. The van der Waals surface area contributed by atoms with Crippen molar-refractivity contribution in [3.63, 3.8) is 0 Å². The van der Waals surface area contributed by atoms with Crippen molar-refractivity contribution in [2.24, 2.45) is 7.05 Å². The number of unbranched alkanes of at least 4 members (excludes halogenated alkanes) is 5. The third kappa shape index (κ3) is 5.19. The Morgan fingerprint density at radius 3 is 2.05 bits per heavy atom. The van der Waals surface area contributed by atoms with E-state index in [9.17, 15) is 0 Å². The van der Waals surface area contributed by atoms with Crippen LogP contribution < -0.4 is 0 Å². The van der Waals surface area contributed by atoms with Gasteiger partial charge < -0.3 is 0 Å². The molecule has 4 heteroatoms. The summed E-state index contributed by atoms with van der Waals surface area (Å²) < 4.78 is 2.67. The van der Waals surface area contributed by atoms with Gasteiger partial charge in [0.2, 0.25) is 0 Å². The van der Waals surface area contributed by atoms with Gasteiger partial charge in [-0.25, -0.2) is 9.67 Å². The van der Waals surface area contributed by atoms with Gasteiger partial charge >= 0.3 is 0 Å². The molecule has 0 aliphatic carbocycles. The van der Waals surface area contributed by atoms with Crippen molar-refractivity contribution in [2.45, 2.75) is 84.0 Å². The van der Waals surface area contributed by atoms with Gasteiger partial charge in [0, 0.05) is 12.5 Å². The molecule has 0 aromatic carbocycles.